The average molecular weight is 265 g/mol. The van der Waals surface area contributed by atoms with Crippen molar-refractivity contribution in [3.63, 3.8) is 0 Å². The van der Waals surface area contributed by atoms with Gasteiger partial charge in [-0.1, -0.05) is 12.1 Å². The van der Waals surface area contributed by atoms with Gasteiger partial charge in [-0.2, -0.15) is 4.57 Å². The largest absolute Gasteiger partial charge is 0.419 e. The van der Waals surface area contributed by atoms with Crippen molar-refractivity contribution in [1.82, 2.24) is 9.55 Å². The van der Waals surface area contributed by atoms with Crippen molar-refractivity contribution in [1.29, 1.82) is 0 Å². The summed E-state index contributed by atoms with van der Waals surface area (Å²) >= 11 is 0. The Morgan fingerprint density at radius 2 is 2.25 bits per heavy atom. The van der Waals surface area contributed by atoms with Gasteiger partial charge in [0.1, 0.15) is 12.1 Å². The van der Waals surface area contributed by atoms with E-state index in [1.807, 2.05) is 41.0 Å². The fraction of sp³-hybridized carbons (Fsp3) is 0.125. The summed E-state index contributed by atoms with van der Waals surface area (Å²) in [5, 5.41) is 0.811. The Kier molecular flexibility index (Phi) is 1.29. The van der Waals surface area contributed by atoms with Crippen molar-refractivity contribution in [2.45, 2.75) is 6.54 Å². The zero-order valence-corrected chi connectivity index (χ0v) is 10.5. The van der Waals surface area contributed by atoms with Gasteiger partial charge < -0.3 is 4.42 Å². The van der Waals surface area contributed by atoms with E-state index >= 15 is 0 Å². The van der Waals surface area contributed by atoms with Crippen LogP contribution in [0.3, 0.4) is 0 Å². The van der Waals surface area contributed by atoms with Gasteiger partial charge in [-0.3, -0.25) is 4.98 Å². The lowest BCUT2D eigenvalue weighted by atomic mass is 10.2. The van der Waals surface area contributed by atoms with E-state index in [1.54, 1.807) is 6.20 Å². The maximum absolute atomic E-state index is 8.02. The highest BCUT2D eigenvalue weighted by Crippen LogP contribution is 2.34. The zero-order valence-electron chi connectivity index (χ0n) is 13.5. The summed E-state index contributed by atoms with van der Waals surface area (Å²) in [5.41, 5.74) is 3.59. The van der Waals surface area contributed by atoms with Gasteiger partial charge in [0.05, 0.1) is 27.7 Å². The lowest BCUT2D eigenvalue weighted by molar-refractivity contribution is -0.652. The summed E-state index contributed by atoms with van der Waals surface area (Å²) in [6.45, 7) is -1.78. The lowest BCUT2D eigenvalue weighted by Crippen LogP contribution is -2.31. The molecule has 0 aliphatic carbocycles. The van der Waals surface area contributed by atoms with Crippen molar-refractivity contribution in [2.75, 3.05) is 0 Å². The highest BCUT2D eigenvalue weighted by molar-refractivity contribution is 6.01. The minimum atomic E-state index is -2.30. The summed E-state index contributed by atoms with van der Waals surface area (Å²) in [4.78, 5) is 4.37. The number of para-hydroxylation sites is 1. The second-order valence-electron chi connectivity index (χ2n) is 4.99. The van der Waals surface area contributed by atoms with Crippen LogP contribution in [0.2, 0.25) is 0 Å². The highest BCUT2D eigenvalue weighted by Gasteiger charge is 2.36. The van der Waals surface area contributed by atoms with E-state index in [1.165, 1.54) is 4.57 Å². The Bertz CT molecular complexity index is 1090. The number of aromatic nitrogens is 3. The van der Waals surface area contributed by atoms with Crippen molar-refractivity contribution in [3.8, 4) is 11.4 Å². The molecule has 4 aromatic rings. The smallest absolute Gasteiger partial charge is 0.339 e. The SMILES string of the molecule is [2H]C([2H])([2H])n1c2[n+](c3oc4ccccc4c31)Cc1ncccc1-2. The first-order valence-electron chi connectivity index (χ1n) is 7.96. The van der Waals surface area contributed by atoms with Gasteiger partial charge in [-0.25, -0.2) is 4.57 Å². The van der Waals surface area contributed by atoms with Gasteiger partial charge in [0.2, 0.25) is 5.52 Å². The summed E-state index contributed by atoms with van der Waals surface area (Å²) in [6, 6.07) is 11.2. The molecule has 0 saturated carbocycles. The minimum absolute atomic E-state index is 0.519. The van der Waals surface area contributed by atoms with Gasteiger partial charge in [-0.15, -0.1) is 0 Å². The van der Waals surface area contributed by atoms with Gasteiger partial charge in [0.15, 0.2) is 0 Å². The third-order valence-corrected chi connectivity index (χ3v) is 3.93. The molecule has 0 N–H and O–H groups in total. The molecule has 0 radical (unpaired) electrons. The number of fused-ring (bicyclic) bond motifs is 7. The van der Waals surface area contributed by atoms with Crippen LogP contribution in [0.1, 0.15) is 9.81 Å². The summed E-state index contributed by atoms with van der Waals surface area (Å²) in [7, 11) is 0. The fourth-order valence-corrected chi connectivity index (χ4v) is 3.07. The molecule has 3 aromatic heterocycles. The first kappa shape index (κ1) is 7.85. The molecule has 0 bridgehead atoms. The Balaban J connectivity index is 2.01. The van der Waals surface area contributed by atoms with Crippen LogP contribution >= 0.6 is 0 Å². The van der Waals surface area contributed by atoms with Crippen molar-refractivity contribution < 1.29 is 13.1 Å². The number of benzene rings is 1. The van der Waals surface area contributed by atoms with Crippen molar-refractivity contribution in [2.24, 2.45) is 6.98 Å². The quantitative estimate of drug-likeness (QED) is 0.403. The summed E-state index contributed by atoms with van der Waals surface area (Å²) < 4.78 is 33.3. The monoisotopic (exact) mass is 265 g/mol. The molecule has 0 spiro atoms. The summed E-state index contributed by atoms with van der Waals surface area (Å²) in [5.74, 6) is 0.632. The number of hydrogen-bond acceptors (Lipinski definition) is 2. The van der Waals surface area contributed by atoms with E-state index in [2.05, 4.69) is 4.98 Å². The third-order valence-electron chi connectivity index (χ3n) is 3.93. The van der Waals surface area contributed by atoms with Crippen LogP contribution in [0, 0.1) is 0 Å². The number of nitrogens with zero attached hydrogens (tertiary/aromatic N) is 3. The number of furan rings is 1. The van der Waals surface area contributed by atoms with Crippen LogP contribution < -0.4 is 4.57 Å². The second kappa shape index (κ2) is 3.28. The average Bonchev–Trinajstić information content (AvgIpc) is 3.13. The van der Waals surface area contributed by atoms with Crippen LogP contribution in [0.4, 0.5) is 0 Å². The number of hydrogen-bond donors (Lipinski definition) is 0. The Morgan fingerprint density at radius 3 is 3.20 bits per heavy atom. The molecule has 20 heavy (non-hydrogen) atoms. The molecule has 4 heteroatoms. The molecule has 1 aliphatic rings. The molecule has 0 fully saturated rings. The van der Waals surface area contributed by atoms with Crippen LogP contribution in [-0.2, 0) is 13.5 Å². The molecule has 0 saturated heterocycles. The van der Waals surface area contributed by atoms with E-state index in [9.17, 15) is 0 Å². The van der Waals surface area contributed by atoms with Crippen LogP contribution in [0.25, 0.3) is 33.6 Å². The number of pyridine rings is 1. The first-order valence-corrected chi connectivity index (χ1v) is 6.46. The Labute approximate surface area is 119 Å². The molecule has 96 valence electrons. The van der Waals surface area contributed by atoms with Crippen molar-refractivity contribution in [3.05, 3.63) is 48.3 Å². The molecule has 5 rings (SSSR count). The highest BCUT2D eigenvalue weighted by atomic mass is 16.3. The molecule has 0 amide bonds. The maximum Gasteiger partial charge on any atom is 0.339 e. The van der Waals surface area contributed by atoms with E-state index in [0.29, 0.717) is 29.2 Å². The van der Waals surface area contributed by atoms with Gasteiger partial charge in [-0.05, 0) is 24.3 Å². The standard InChI is InChI=1S/C16H12N3O/c1-18-14-11-5-2-3-7-13(11)20-16(14)19-9-12-10(15(18)19)6-4-8-17-12/h2-8H,9H2,1H3/q+1/i1D3. The number of rotatable bonds is 0. The second-order valence-corrected chi connectivity index (χ2v) is 4.99. The van der Waals surface area contributed by atoms with Crippen LogP contribution in [-0.4, -0.2) is 9.55 Å². The molecule has 0 atom stereocenters. The predicted molar refractivity (Wildman–Crippen MR) is 75.2 cm³/mol. The van der Waals surface area contributed by atoms with E-state index in [0.717, 1.165) is 16.6 Å². The van der Waals surface area contributed by atoms with Gasteiger partial charge in [0.25, 0.3) is 5.82 Å². The Morgan fingerprint density at radius 1 is 1.30 bits per heavy atom. The zero-order chi connectivity index (χ0) is 15.8. The first-order chi connectivity index (χ1) is 11.1. The number of imidazole rings is 1. The number of aryl methyl sites for hydroxylation is 1. The molecule has 1 aliphatic heterocycles. The van der Waals surface area contributed by atoms with Crippen LogP contribution in [0.15, 0.2) is 47.0 Å². The van der Waals surface area contributed by atoms with E-state index < -0.39 is 6.98 Å². The molecular formula is C16H12N3O+. The molecular weight excluding hydrogens is 250 g/mol. The van der Waals surface area contributed by atoms with E-state index in [4.69, 9.17) is 8.53 Å². The predicted octanol–water partition coefficient (Wildman–Crippen LogP) is 2.64. The topological polar surface area (TPSA) is 34.8 Å². The van der Waals surface area contributed by atoms with Gasteiger partial charge >= 0.3 is 5.71 Å². The molecule has 4 heterocycles. The maximum atomic E-state index is 8.02. The molecule has 1 aromatic carbocycles. The Hall–Kier alpha value is -2.62. The lowest BCUT2D eigenvalue weighted by Gasteiger charge is -1.94. The van der Waals surface area contributed by atoms with E-state index in [-0.39, 0.29) is 0 Å². The summed E-state index contributed by atoms with van der Waals surface area (Å²) in [6.07, 6.45) is 1.72. The van der Waals surface area contributed by atoms with Gasteiger partial charge in [0, 0.05) is 6.20 Å². The minimum Gasteiger partial charge on any atom is -0.419 e. The van der Waals surface area contributed by atoms with Crippen LogP contribution in [0.5, 0.6) is 0 Å². The fourth-order valence-electron chi connectivity index (χ4n) is 3.07. The molecule has 0 unspecified atom stereocenters. The molecule has 4 nitrogen and oxygen atoms in total. The third kappa shape index (κ3) is 1.04. The van der Waals surface area contributed by atoms with Crippen molar-refractivity contribution >= 4 is 22.2 Å². The normalized spacial score (nSPS) is 15.9.